The fourth-order valence-corrected chi connectivity index (χ4v) is 6.28. The molecular weight excluding hydrogens is 492 g/mol. The van der Waals surface area contributed by atoms with Crippen LogP contribution in [-0.4, -0.2) is 31.9 Å². The third kappa shape index (κ3) is 5.99. The molecule has 0 bridgehead atoms. The van der Waals surface area contributed by atoms with Gasteiger partial charge in [-0.15, -0.1) is 11.3 Å². The molecule has 0 aliphatic rings. The van der Waals surface area contributed by atoms with Crippen molar-refractivity contribution in [2.75, 3.05) is 17.7 Å². The van der Waals surface area contributed by atoms with Crippen LogP contribution < -0.4 is 15.4 Å². The molecule has 0 unspecified atom stereocenters. The summed E-state index contributed by atoms with van der Waals surface area (Å²) < 4.78 is 29.6. The molecule has 0 saturated carbocycles. The zero-order valence-electron chi connectivity index (χ0n) is 20.5. The summed E-state index contributed by atoms with van der Waals surface area (Å²) in [6, 6.07) is 21.5. The van der Waals surface area contributed by atoms with Gasteiger partial charge in [-0.25, -0.2) is 18.1 Å². The monoisotopic (exact) mass is 520 g/mol. The minimum atomic E-state index is -3.91. The Balaban J connectivity index is 1.74. The molecule has 0 atom stereocenters. The molecule has 4 aromatic rings. The average molecular weight is 521 g/mol. The van der Waals surface area contributed by atoms with Gasteiger partial charge in [0.05, 0.1) is 9.77 Å². The number of nitrogens with zero attached hydrogens (tertiary/aromatic N) is 1. The van der Waals surface area contributed by atoms with E-state index in [0.29, 0.717) is 21.7 Å². The Hall–Kier alpha value is -3.53. The highest BCUT2D eigenvalue weighted by atomic mass is 32.2. The van der Waals surface area contributed by atoms with Crippen LogP contribution in [0, 0.1) is 0 Å². The first-order valence-electron chi connectivity index (χ1n) is 11.3. The minimum Gasteiger partial charge on any atom is -0.388 e. The molecule has 0 aliphatic heterocycles. The smallest absolute Gasteiger partial charge is 0.255 e. The predicted molar refractivity (Wildman–Crippen MR) is 147 cm³/mol. The molecule has 186 valence electrons. The number of hydrogen-bond donors (Lipinski definition) is 3. The summed E-state index contributed by atoms with van der Waals surface area (Å²) in [6.07, 6.45) is 1.68. The number of sulfonamides is 1. The van der Waals surface area contributed by atoms with Gasteiger partial charge >= 0.3 is 0 Å². The topological polar surface area (TPSA) is 100 Å². The van der Waals surface area contributed by atoms with Gasteiger partial charge in [0.15, 0.2) is 0 Å². The first kappa shape index (κ1) is 25.6. The summed E-state index contributed by atoms with van der Waals surface area (Å²) in [5.41, 5.74) is 2.62. The fraction of sp³-hybridized carbons (Fsp3) is 0.185. The van der Waals surface area contributed by atoms with Crippen molar-refractivity contribution < 1.29 is 13.2 Å². The number of carbonyl (C=O) groups is 1. The molecule has 7 nitrogen and oxygen atoms in total. The summed E-state index contributed by atoms with van der Waals surface area (Å²) in [5.74, 6) is -0.319. The van der Waals surface area contributed by atoms with Gasteiger partial charge in [0.1, 0.15) is 5.01 Å². The molecule has 1 aromatic heterocycles. The zero-order valence-corrected chi connectivity index (χ0v) is 22.1. The number of thiazole rings is 1. The maximum absolute atomic E-state index is 13.5. The lowest BCUT2D eigenvalue weighted by molar-refractivity contribution is 0.102. The largest absolute Gasteiger partial charge is 0.388 e. The van der Waals surface area contributed by atoms with Crippen molar-refractivity contribution in [3.8, 4) is 21.0 Å². The molecule has 1 heterocycles. The number of aromatic nitrogens is 1. The fourth-order valence-electron chi connectivity index (χ4n) is 3.59. The van der Waals surface area contributed by atoms with E-state index in [1.807, 2.05) is 37.4 Å². The first-order valence-corrected chi connectivity index (χ1v) is 13.6. The standard InChI is InChI=1S/C27H28N4O3S2/c1-27(2,3)31-36(33,34)24-16-21(30-25(32)18-8-6-5-7-9-18)14-15-22(24)23-17-29-26(35-23)19-10-12-20(28-4)13-11-19/h5-17,28,31H,1-4H3,(H,30,32). The Morgan fingerprint density at radius 1 is 0.917 bits per heavy atom. The lowest BCUT2D eigenvalue weighted by Gasteiger charge is -2.22. The van der Waals surface area contributed by atoms with Crippen molar-refractivity contribution in [2.24, 2.45) is 0 Å². The lowest BCUT2D eigenvalue weighted by Crippen LogP contribution is -2.40. The highest BCUT2D eigenvalue weighted by molar-refractivity contribution is 7.89. The van der Waals surface area contributed by atoms with Crippen LogP contribution in [0.5, 0.6) is 0 Å². The van der Waals surface area contributed by atoms with Crippen LogP contribution in [0.25, 0.3) is 21.0 Å². The van der Waals surface area contributed by atoms with E-state index < -0.39 is 15.6 Å². The van der Waals surface area contributed by atoms with E-state index >= 15 is 0 Å². The van der Waals surface area contributed by atoms with Crippen molar-refractivity contribution in [1.82, 2.24) is 9.71 Å². The molecule has 36 heavy (non-hydrogen) atoms. The van der Waals surface area contributed by atoms with E-state index in [1.165, 1.54) is 17.4 Å². The van der Waals surface area contributed by atoms with Gasteiger partial charge in [0.25, 0.3) is 5.91 Å². The number of amides is 1. The molecule has 0 saturated heterocycles. The number of carbonyl (C=O) groups excluding carboxylic acids is 1. The molecule has 1 amide bonds. The van der Waals surface area contributed by atoms with Crippen LogP contribution in [0.4, 0.5) is 11.4 Å². The lowest BCUT2D eigenvalue weighted by atomic mass is 10.1. The summed E-state index contributed by atoms with van der Waals surface area (Å²) >= 11 is 1.41. The molecule has 3 N–H and O–H groups in total. The van der Waals surface area contributed by atoms with Crippen LogP contribution in [0.1, 0.15) is 31.1 Å². The van der Waals surface area contributed by atoms with E-state index in [9.17, 15) is 13.2 Å². The zero-order chi connectivity index (χ0) is 25.9. The van der Waals surface area contributed by atoms with Crippen LogP contribution in [0.2, 0.25) is 0 Å². The molecule has 0 radical (unpaired) electrons. The maximum atomic E-state index is 13.5. The SMILES string of the molecule is CNc1ccc(-c2ncc(-c3ccc(NC(=O)c4ccccc4)cc3S(=O)(=O)NC(C)(C)C)s2)cc1. The summed E-state index contributed by atoms with van der Waals surface area (Å²) in [6.45, 7) is 5.35. The second-order valence-electron chi connectivity index (χ2n) is 9.24. The summed E-state index contributed by atoms with van der Waals surface area (Å²) in [7, 11) is -2.06. The highest BCUT2D eigenvalue weighted by Gasteiger charge is 2.26. The number of benzene rings is 3. The first-order chi connectivity index (χ1) is 17.1. The molecule has 9 heteroatoms. The predicted octanol–water partition coefficient (Wildman–Crippen LogP) is 5.85. The molecule has 0 spiro atoms. The number of nitrogens with one attached hydrogen (secondary N) is 3. The van der Waals surface area contributed by atoms with E-state index in [4.69, 9.17) is 0 Å². The molecule has 3 aromatic carbocycles. The Morgan fingerprint density at radius 2 is 1.58 bits per heavy atom. The van der Waals surface area contributed by atoms with Crippen LogP contribution in [0.15, 0.2) is 83.9 Å². The second kappa shape index (κ2) is 10.2. The third-order valence-electron chi connectivity index (χ3n) is 5.20. The summed E-state index contributed by atoms with van der Waals surface area (Å²) in [4.78, 5) is 18.0. The quantitative estimate of drug-likeness (QED) is 0.284. The Bertz CT molecular complexity index is 1470. The van der Waals surface area contributed by atoms with Gasteiger partial charge in [0, 0.05) is 46.8 Å². The van der Waals surface area contributed by atoms with Gasteiger partial charge in [-0.3, -0.25) is 4.79 Å². The highest BCUT2D eigenvalue weighted by Crippen LogP contribution is 2.37. The number of anilines is 2. The number of hydrogen-bond acceptors (Lipinski definition) is 6. The van der Waals surface area contributed by atoms with Gasteiger partial charge in [0.2, 0.25) is 10.0 Å². The average Bonchev–Trinajstić information content (AvgIpc) is 3.33. The van der Waals surface area contributed by atoms with Gasteiger partial charge in [-0.05, 0) is 69.3 Å². The Labute approximate surface area is 215 Å². The second-order valence-corrected chi connectivity index (χ2v) is 11.9. The number of rotatable bonds is 7. The minimum absolute atomic E-state index is 0.0732. The van der Waals surface area contributed by atoms with Gasteiger partial charge < -0.3 is 10.6 Å². The van der Waals surface area contributed by atoms with E-state index in [2.05, 4.69) is 20.3 Å². The van der Waals surface area contributed by atoms with Crippen LogP contribution in [0.3, 0.4) is 0 Å². The van der Waals surface area contributed by atoms with Crippen LogP contribution in [-0.2, 0) is 10.0 Å². The van der Waals surface area contributed by atoms with Gasteiger partial charge in [-0.2, -0.15) is 0 Å². The van der Waals surface area contributed by atoms with Crippen molar-refractivity contribution in [2.45, 2.75) is 31.2 Å². The third-order valence-corrected chi connectivity index (χ3v) is 8.07. The summed E-state index contributed by atoms with van der Waals surface area (Å²) in [5, 5.41) is 6.67. The molecular formula is C27H28N4O3S2. The van der Waals surface area contributed by atoms with Crippen molar-refractivity contribution in [1.29, 1.82) is 0 Å². The van der Waals surface area contributed by atoms with E-state index in [0.717, 1.165) is 16.3 Å². The van der Waals surface area contributed by atoms with E-state index in [1.54, 1.807) is 63.4 Å². The van der Waals surface area contributed by atoms with Crippen LogP contribution >= 0.6 is 11.3 Å². The Morgan fingerprint density at radius 3 is 2.22 bits per heavy atom. The molecule has 0 aliphatic carbocycles. The van der Waals surface area contributed by atoms with Gasteiger partial charge in [-0.1, -0.05) is 24.3 Å². The molecule has 4 rings (SSSR count). The van der Waals surface area contributed by atoms with E-state index in [-0.39, 0.29) is 10.8 Å². The van der Waals surface area contributed by atoms with Crippen molar-refractivity contribution in [3.05, 3.63) is 84.6 Å². The maximum Gasteiger partial charge on any atom is 0.255 e. The van der Waals surface area contributed by atoms with Crippen molar-refractivity contribution >= 4 is 38.6 Å². The normalized spacial score (nSPS) is 11.8. The Kier molecular flexibility index (Phi) is 7.26. The van der Waals surface area contributed by atoms with Crippen molar-refractivity contribution in [3.63, 3.8) is 0 Å². The molecule has 0 fully saturated rings.